The van der Waals surface area contributed by atoms with E-state index in [1.54, 1.807) is 0 Å². The molecule has 3 heteroatoms. The Labute approximate surface area is 93.6 Å². The fourth-order valence-electron chi connectivity index (χ4n) is 2.95. The Morgan fingerprint density at radius 2 is 1.53 bits per heavy atom. The first-order valence-corrected chi connectivity index (χ1v) is 6.45. The summed E-state index contributed by atoms with van der Waals surface area (Å²) >= 11 is 0. The molecule has 2 fully saturated rings. The number of hydrogen-bond acceptors (Lipinski definition) is 3. The van der Waals surface area contributed by atoms with E-state index >= 15 is 0 Å². The molecule has 2 aliphatic rings. The third kappa shape index (κ3) is 2.92. The molecule has 1 aliphatic carbocycles. The summed E-state index contributed by atoms with van der Waals surface area (Å²) in [6, 6.07) is 0. The second kappa shape index (κ2) is 4.81. The summed E-state index contributed by atoms with van der Waals surface area (Å²) < 4.78 is 0. The van der Waals surface area contributed by atoms with Crippen LogP contribution in [0.25, 0.3) is 0 Å². The first-order valence-electron chi connectivity index (χ1n) is 6.45. The summed E-state index contributed by atoms with van der Waals surface area (Å²) in [5, 5.41) is 0. The zero-order valence-electron chi connectivity index (χ0n) is 10.0. The van der Waals surface area contributed by atoms with E-state index in [1.165, 1.54) is 58.4 Å². The predicted molar refractivity (Wildman–Crippen MR) is 63.9 cm³/mol. The van der Waals surface area contributed by atoms with E-state index < -0.39 is 0 Å². The molecule has 0 aromatic heterocycles. The predicted octanol–water partition coefficient (Wildman–Crippen LogP) is 0.895. The Hall–Kier alpha value is -0.120. The minimum atomic E-state index is 0.147. The van der Waals surface area contributed by atoms with Gasteiger partial charge in [-0.3, -0.25) is 4.90 Å². The lowest BCUT2D eigenvalue weighted by atomic mass is 9.98. The van der Waals surface area contributed by atoms with Gasteiger partial charge in [0.2, 0.25) is 0 Å². The van der Waals surface area contributed by atoms with Gasteiger partial charge in [0.05, 0.1) is 0 Å². The van der Waals surface area contributed by atoms with Crippen molar-refractivity contribution in [2.45, 2.75) is 38.1 Å². The monoisotopic (exact) mass is 211 g/mol. The van der Waals surface area contributed by atoms with E-state index in [-0.39, 0.29) is 5.54 Å². The van der Waals surface area contributed by atoms with Crippen molar-refractivity contribution in [2.24, 2.45) is 5.73 Å². The highest BCUT2D eigenvalue weighted by atomic mass is 15.3. The fourth-order valence-corrected chi connectivity index (χ4v) is 2.95. The molecule has 15 heavy (non-hydrogen) atoms. The van der Waals surface area contributed by atoms with Crippen molar-refractivity contribution in [3.05, 3.63) is 0 Å². The number of hydrogen-bond donors (Lipinski definition) is 1. The van der Waals surface area contributed by atoms with E-state index in [0.717, 1.165) is 6.54 Å². The van der Waals surface area contributed by atoms with Crippen LogP contribution in [0.3, 0.4) is 0 Å². The lowest BCUT2D eigenvalue weighted by molar-refractivity contribution is 0.114. The van der Waals surface area contributed by atoms with Crippen molar-refractivity contribution in [1.29, 1.82) is 0 Å². The minimum Gasteiger partial charge on any atom is -0.324 e. The van der Waals surface area contributed by atoms with Gasteiger partial charge < -0.3 is 10.6 Å². The highest BCUT2D eigenvalue weighted by Crippen LogP contribution is 2.28. The van der Waals surface area contributed by atoms with Gasteiger partial charge in [0.1, 0.15) is 0 Å². The van der Waals surface area contributed by atoms with E-state index in [4.69, 9.17) is 5.73 Å². The van der Waals surface area contributed by atoms with E-state index in [0.29, 0.717) is 0 Å². The molecule has 88 valence electrons. The standard InChI is InChI=1S/C12H25N3/c1-2-14-7-9-15(10-8-14)11-12(13)5-3-4-6-12/h2-11,13H2,1H3. The molecule has 0 spiro atoms. The van der Waals surface area contributed by atoms with Crippen molar-refractivity contribution in [3.8, 4) is 0 Å². The fraction of sp³-hybridized carbons (Fsp3) is 1.00. The molecule has 0 radical (unpaired) electrons. The zero-order valence-corrected chi connectivity index (χ0v) is 10.0. The molecule has 1 aliphatic heterocycles. The van der Waals surface area contributed by atoms with Gasteiger partial charge in [0, 0.05) is 38.3 Å². The maximum atomic E-state index is 6.40. The highest BCUT2D eigenvalue weighted by Gasteiger charge is 2.32. The Morgan fingerprint density at radius 3 is 2.07 bits per heavy atom. The van der Waals surface area contributed by atoms with Crippen molar-refractivity contribution in [3.63, 3.8) is 0 Å². The number of nitrogens with zero attached hydrogens (tertiary/aromatic N) is 2. The molecule has 3 nitrogen and oxygen atoms in total. The van der Waals surface area contributed by atoms with Crippen molar-refractivity contribution < 1.29 is 0 Å². The summed E-state index contributed by atoms with van der Waals surface area (Å²) in [6.45, 7) is 9.46. The van der Waals surface area contributed by atoms with Crippen LogP contribution in [0.15, 0.2) is 0 Å². The molecule has 1 saturated heterocycles. The lowest BCUT2D eigenvalue weighted by Gasteiger charge is -2.38. The molecular weight excluding hydrogens is 186 g/mol. The van der Waals surface area contributed by atoms with Gasteiger partial charge in [-0.15, -0.1) is 0 Å². The van der Waals surface area contributed by atoms with Crippen LogP contribution in [-0.2, 0) is 0 Å². The van der Waals surface area contributed by atoms with E-state index in [2.05, 4.69) is 16.7 Å². The van der Waals surface area contributed by atoms with Crippen LogP contribution in [0.2, 0.25) is 0 Å². The third-order valence-corrected chi connectivity index (χ3v) is 4.05. The summed E-state index contributed by atoms with van der Waals surface area (Å²) in [6.07, 6.45) is 5.15. The molecular formula is C12H25N3. The molecule has 2 rings (SSSR count). The molecule has 1 heterocycles. The topological polar surface area (TPSA) is 32.5 Å². The number of likely N-dealkylation sites (N-methyl/N-ethyl adjacent to an activating group) is 1. The zero-order chi connectivity index (χ0) is 10.7. The summed E-state index contributed by atoms with van der Waals surface area (Å²) in [5.74, 6) is 0. The number of rotatable bonds is 3. The third-order valence-electron chi connectivity index (χ3n) is 4.05. The molecule has 0 unspecified atom stereocenters. The van der Waals surface area contributed by atoms with Gasteiger partial charge in [-0.1, -0.05) is 19.8 Å². The smallest absolute Gasteiger partial charge is 0.0283 e. The molecule has 1 saturated carbocycles. The molecule has 0 amide bonds. The minimum absolute atomic E-state index is 0.147. The van der Waals surface area contributed by atoms with Crippen molar-refractivity contribution >= 4 is 0 Å². The molecule has 0 bridgehead atoms. The van der Waals surface area contributed by atoms with Crippen LogP contribution in [0.1, 0.15) is 32.6 Å². The first-order chi connectivity index (χ1) is 7.22. The van der Waals surface area contributed by atoms with Gasteiger partial charge >= 0.3 is 0 Å². The number of piperazine rings is 1. The normalized spacial score (nSPS) is 28.4. The summed E-state index contributed by atoms with van der Waals surface area (Å²) in [5.41, 5.74) is 6.55. The first kappa shape index (κ1) is 11.4. The van der Waals surface area contributed by atoms with Crippen LogP contribution in [-0.4, -0.2) is 54.6 Å². The molecule has 2 N–H and O–H groups in total. The average molecular weight is 211 g/mol. The van der Waals surface area contributed by atoms with Crippen molar-refractivity contribution in [2.75, 3.05) is 39.3 Å². The maximum Gasteiger partial charge on any atom is 0.0283 e. The Balaban J connectivity index is 1.76. The average Bonchev–Trinajstić information content (AvgIpc) is 2.66. The largest absolute Gasteiger partial charge is 0.324 e. The van der Waals surface area contributed by atoms with Gasteiger partial charge in [0.25, 0.3) is 0 Å². The molecule has 0 aromatic rings. The lowest BCUT2D eigenvalue weighted by Crippen LogP contribution is -2.54. The van der Waals surface area contributed by atoms with E-state index in [9.17, 15) is 0 Å². The van der Waals surface area contributed by atoms with Gasteiger partial charge in [-0.2, -0.15) is 0 Å². The maximum absolute atomic E-state index is 6.40. The second-order valence-corrected chi connectivity index (χ2v) is 5.28. The Morgan fingerprint density at radius 1 is 1.00 bits per heavy atom. The van der Waals surface area contributed by atoms with Gasteiger partial charge in [-0.25, -0.2) is 0 Å². The molecule has 0 atom stereocenters. The van der Waals surface area contributed by atoms with Crippen LogP contribution in [0.5, 0.6) is 0 Å². The molecule has 0 aromatic carbocycles. The van der Waals surface area contributed by atoms with Crippen LogP contribution in [0.4, 0.5) is 0 Å². The van der Waals surface area contributed by atoms with Crippen molar-refractivity contribution in [1.82, 2.24) is 9.80 Å². The van der Waals surface area contributed by atoms with Crippen LogP contribution < -0.4 is 5.73 Å². The van der Waals surface area contributed by atoms with Gasteiger partial charge in [0.15, 0.2) is 0 Å². The Kier molecular flexibility index (Phi) is 3.65. The van der Waals surface area contributed by atoms with E-state index in [1.807, 2.05) is 0 Å². The number of nitrogens with two attached hydrogens (primary N) is 1. The highest BCUT2D eigenvalue weighted by molar-refractivity contribution is 4.92. The SMILES string of the molecule is CCN1CCN(CC2(N)CCCC2)CC1. The summed E-state index contributed by atoms with van der Waals surface area (Å²) in [4.78, 5) is 5.09. The summed E-state index contributed by atoms with van der Waals surface area (Å²) in [7, 11) is 0. The van der Waals surface area contributed by atoms with Crippen LogP contribution >= 0.6 is 0 Å². The second-order valence-electron chi connectivity index (χ2n) is 5.28. The quantitative estimate of drug-likeness (QED) is 0.752. The van der Waals surface area contributed by atoms with Crippen LogP contribution in [0, 0.1) is 0 Å². The van der Waals surface area contributed by atoms with Gasteiger partial charge in [-0.05, 0) is 19.4 Å². The Bertz CT molecular complexity index is 191.